The lowest BCUT2D eigenvalue weighted by Gasteiger charge is -2.38. The zero-order valence-electron chi connectivity index (χ0n) is 18.0. The number of likely N-dealkylation sites (tertiary alicyclic amines) is 1. The summed E-state index contributed by atoms with van der Waals surface area (Å²) < 4.78 is 45.1. The number of rotatable bonds is 4. The third-order valence-electron chi connectivity index (χ3n) is 5.73. The van der Waals surface area contributed by atoms with Gasteiger partial charge in [0.1, 0.15) is 12.3 Å². The van der Waals surface area contributed by atoms with E-state index in [1.807, 2.05) is 23.1 Å². The first-order valence-corrected chi connectivity index (χ1v) is 10.3. The summed E-state index contributed by atoms with van der Waals surface area (Å²) in [5.41, 5.74) is 0.812. The van der Waals surface area contributed by atoms with E-state index >= 15 is 0 Å². The van der Waals surface area contributed by atoms with Crippen molar-refractivity contribution in [1.82, 2.24) is 19.7 Å². The molecule has 0 saturated carbocycles. The molecule has 2 aromatic heterocycles. The smallest absolute Gasteiger partial charge is 0.475 e. The first-order valence-electron chi connectivity index (χ1n) is 10.3. The summed E-state index contributed by atoms with van der Waals surface area (Å²) in [5.74, 6) is -2.06. The van der Waals surface area contributed by atoms with Gasteiger partial charge in [0.2, 0.25) is 5.88 Å². The average molecular weight is 470 g/mol. The van der Waals surface area contributed by atoms with Gasteiger partial charge in [-0.25, -0.2) is 9.78 Å². The largest absolute Gasteiger partial charge is 0.490 e. The van der Waals surface area contributed by atoms with Gasteiger partial charge in [0.25, 0.3) is 5.91 Å². The number of halogens is 3. The van der Waals surface area contributed by atoms with E-state index in [4.69, 9.17) is 19.4 Å². The molecule has 0 aromatic carbocycles. The molecule has 180 valence electrons. The van der Waals surface area contributed by atoms with Crippen LogP contribution >= 0.6 is 0 Å². The molecule has 1 amide bonds. The lowest BCUT2D eigenvalue weighted by molar-refractivity contribution is -0.192. The Balaban J connectivity index is 0.000000383. The monoisotopic (exact) mass is 470 g/mol. The number of piperidine rings is 1. The standard InChI is InChI=1S/C19H24N4O3.C2HF3O2/c1-22-16(5-9-21-22)18(24)23-10-6-19(7-11-23)12-15(26-14-19)13-25-17-4-2-3-8-20-17;3-2(4,5)1(6)7/h2-5,8-9,15H,6-7,10-14H2,1H3;(H,6,7). The van der Waals surface area contributed by atoms with Crippen molar-refractivity contribution in [3.63, 3.8) is 0 Å². The predicted molar refractivity (Wildman–Crippen MR) is 109 cm³/mol. The van der Waals surface area contributed by atoms with E-state index in [1.54, 1.807) is 30.2 Å². The molecule has 1 N–H and O–H groups in total. The van der Waals surface area contributed by atoms with Crippen LogP contribution in [0, 0.1) is 5.41 Å². The molecule has 0 aliphatic carbocycles. The Morgan fingerprint density at radius 2 is 1.94 bits per heavy atom. The van der Waals surface area contributed by atoms with Gasteiger partial charge in [-0.2, -0.15) is 18.3 Å². The maximum atomic E-state index is 12.6. The van der Waals surface area contributed by atoms with Crippen molar-refractivity contribution in [3.05, 3.63) is 42.4 Å². The lowest BCUT2D eigenvalue weighted by Crippen LogP contribution is -2.44. The molecule has 2 aliphatic heterocycles. The minimum Gasteiger partial charge on any atom is -0.475 e. The summed E-state index contributed by atoms with van der Waals surface area (Å²) in [4.78, 5) is 27.6. The van der Waals surface area contributed by atoms with E-state index in [9.17, 15) is 18.0 Å². The topological polar surface area (TPSA) is 107 Å². The summed E-state index contributed by atoms with van der Waals surface area (Å²) in [5, 5.41) is 11.2. The summed E-state index contributed by atoms with van der Waals surface area (Å²) in [7, 11) is 1.80. The molecule has 2 saturated heterocycles. The Kier molecular flexibility index (Phi) is 7.57. The molecular formula is C21H25F3N4O5. The van der Waals surface area contributed by atoms with Crippen LogP contribution in [-0.2, 0) is 16.6 Å². The minimum atomic E-state index is -5.08. The number of hydrogen-bond acceptors (Lipinski definition) is 6. The molecule has 1 spiro atoms. The normalized spacial score (nSPS) is 19.6. The number of amides is 1. The van der Waals surface area contributed by atoms with Crippen molar-refractivity contribution < 1.29 is 37.3 Å². The number of nitrogens with zero attached hydrogens (tertiary/aromatic N) is 4. The van der Waals surface area contributed by atoms with Gasteiger partial charge in [0, 0.05) is 38.6 Å². The number of hydrogen-bond donors (Lipinski definition) is 1. The van der Waals surface area contributed by atoms with E-state index in [2.05, 4.69) is 10.1 Å². The molecule has 0 radical (unpaired) electrons. The molecule has 2 aromatic rings. The molecule has 2 aliphatic rings. The molecule has 4 heterocycles. The SMILES string of the molecule is Cn1nccc1C(=O)N1CCC2(CC1)COC(COc1ccccn1)C2.O=C(O)C(F)(F)F. The molecular weight excluding hydrogens is 445 g/mol. The van der Waals surface area contributed by atoms with Crippen molar-refractivity contribution in [2.45, 2.75) is 31.5 Å². The Morgan fingerprint density at radius 3 is 2.48 bits per heavy atom. The number of carboxylic acid groups (broad SMARTS) is 1. The summed E-state index contributed by atoms with van der Waals surface area (Å²) in [6, 6.07) is 7.41. The second kappa shape index (κ2) is 10.2. The third kappa shape index (κ3) is 6.44. The van der Waals surface area contributed by atoms with Crippen LogP contribution < -0.4 is 4.74 Å². The van der Waals surface area contributed by atoms with Gasteiger partial charge in [-0.1, -0.05) is 6.07 Å². The van der Waals surface area contributed by atoms with Gasteiger partial charge in [-0.3, -0.25) is 9.48 Å². The molecule has 12 heteroatoms. The highest BCUT2D eigenvalue weighted by Crippen LogP contribution is 2.42. The molecule has 4 rings (SSSR count). The fraction of sp³-hybridized carbons (Fsp3) is 0.524. The number of pyridine rings is 1. The third-order valence-corrected chi connectivity index (χ3v) is 5.73. The average Bonchev–Trinajstić information content (AvgIpc) is 3.39. The van der Waals surface area contributed by atoms with Crippen LogP contribution in [0.15, 0.2) is 36.7 Å². The van der Waals surface area contributed by atoms with Gasteiger partial charge >= 0.3 is 12.1 Å². The molecule has 33 heavy (non-hydrogen) atoms. The summed E-state index contributed by atoms with van der Waals surface area (Å²) in [6.07, 6.45) is 1.31. The first-order chi connectivity index (χ1) is 15.6. The fourth-order valence-electron chi connectivity index (χ4n) is 3.89. The van der Waals surface area contributed by atoms with E-state index < -0.39 is 12.1 Å². The second-order valence-corrected chi connectivity index (χ2v) is 8.05. The Labute approximate surface area is 188 Å². The zero-order valence-corrected chi connectivity index (χ0v) is 18.0. The van der Waals surface area contributed by atoms with Gasteiger partial charge in [0.15, 0.2) is 0 Å². The number of ether oxygens (including phenoxy) is 2. The first kappa shape index (κ1) is 24.5. The van der Waals surface area contributed by atoms with Crippen LogP contribution in [0.25, 0.3) is 0 Å². The van der Waals surface area contributed by atoms with E-state index in [1.165, 1.54) is 0 Å². The highest BCUT2D eigenvalue weighted by Gasteiger charge is 2.43. The van der Waals surface area contributed by atoms with Gasteiger partial charge in [-0.15, -0.1) is 0 Å². The van der Waals surface area contributed by atoms with Crippen molar-refractivity contribution in [1.29, 1.82) is 0 Å². The van der Waals surface area contributed by atoms with E-state index in [0.29, 0.717) is 18.2 Å². The van der Waals surface area contributed by atoms with Crippen LogP contribution in [-0.4, -0.2) is 75.2 Å². The minimum absolute atomic E-state index is 0.0637. The second-order valence-electron chi connectivity index (χ2n) is 8.05. The van der Waals surface area contributed by atoms with Crippen LogP contribution in [0.2, 0.25) is 0 Å². The quantitative estimate of drug-likeness (QED) is 0.732. The number of carboxylic acids is 1. The van der Waals surface area contributed by atoms with Gasteiger partial charge in [0.05, 0.1) is 12.7 Å². The summed E-state index contributed by atoms with van der Waals surface area (Å²) >= 11 is 0. The van der Waals surface area contributed by atoms with E-state index in [-0.39, 0.29) is 17.4 Å². The number of aryl methyl sites for hydroxylation is 1. The van der Waals surface area contributed by atoms with Crippen molar-refractivity contribution >= 4 is 11.9 Å². The highest BCUT2D eigenvalue weighted by atomic mass is 19.4. The Morgan fingerprint density at radius 1 is 1.24 bits per heavy atom. The number of aromatic nitrogens is 3. The predicted octanol–water partition coefficient (Wildman–Crippen LogP) is 2.54. The van der Waals surface area contributed by atoms with Crippen molar-refractivity contribution in [2.24, 2.45) is 12.5 Å². The molecule has 1 unspecified atom stereocenters. The molecule has 0 bridgehead atoms. The molecule has 2 fully saturated rings. The molecule has 1 atom stereocenters. The van der Waals surface area contributed by atoms with Gasteiger partial charge < -0.3 is 19.5 Å². The Hall–Kier alpha value is -3.15. The van der Waals surface area contributed by atoms with Crippen LogP contribution in [0.1, 0.15) is 29.8 Å². The van der Waals surface area contributed by atoms with Crippen LogP contribution in [0.3, 0.4) is 0 Å². The van der Waals surface area contributed by atoms with E-state index in [0.717, 1.165) is 39.0 Å². The van der Waals surface area contributed by atoms with Crippen LogP contribution in [0.4, 0.5) is 13.2 Å². The summed E-state index contributed by atoms with van der Waals surface area (Å²) in [6.45, 7) is 2.80. The number of carbonyl (C=O) groups excluding carboxylic acids is 1. The fourth-order valence-corrected chi connectivity index (χ4v) is 3.89. The number of carbonyl (C=O) groups is 2. The maximum absolute atomic E-state index is 12.6. The van der Waals surface area contributed by atoms with Gasteiger partial charge in [-0.05, 0) is 36.8 Å². The number of aliphatic carboxylic acids is 1. The molecule has 9 nitrogen and oxygen atoms in total. The van der Waals surface area contributed by atoms with Crippen LogP contribution in [0.5, 0.6) is 5.88 Å². The zero-order chi connectivity index (χ0) is 24.1. The maximum Gasteiger partial charge on any atom is 0.490 e. The highest BCUT2D eigenvalue weighted by molar-refractivity contribution is 5.92. The van der Waals surface area contributed by atoms with Crippen molar-refractivity contribution in [2.75, 3.05) is 26.3 Å². The Bertz CT molecular complexity index is 943. The number of alkyl halides is 3. The lowest BCUT2D eigenvalue weighted by atomic mass is 9.76. The van der Waals surface area contributed by atoms with Crippen molar-refractivity contribution in [3.8, 4) is 5.88 Å².